The van der Waals surface area contributed by atoms with Gasteiger partial charge >= 0.3 is 0 Å². The largest absolute Gasteiger partial charge is 0.356 e. The summed E-state index contributed by atoms with van der Waals surface area (Å²) < 4.78 is 1.98. The van der Waals surface area contributed by atoms with Crippen LogP contribution in [-0.2, 0) is 26.6 Å². The Kier molecular flexibility index (Phi) is 8.52. The molecule has 0 aliphatic rings. The molecule has 0 radical (unpaired) electrons. The summed E-state index contributed by atoms with van der Waals surface area (Å²) in [6.07, 6.45) is 0.986. The van der Waals surface area contributed by atoms with Gasteiger partial charge in [-0.1, -0.05) is 6.07 Å². The van der Waals surface area contributed by atoms with Crippen LogP contribution in [0.1, 0.15) is 22.1 Å². The van der Waals surface area contributed by atoms with E-state index in [-0.39, 0.29) is 24.0 Å². The highest BCUT2D eigenvalue weighted by Gasteiger charge is 2.06. The minimum atomic E-state index is 0. The van der Waals surface area contributed by atoms with Gasteiger partial charge in [-0.2, -0.15) is 11.3 Å². The molecule has 0 aromatic carbocycles. The zero-order chi connectivity index (χ0) is 17.5. The van der Waals surface area contributed by atoms with Gasteiger partial charge in [0.25, 0.3) is 0 Å². The Morgan fingerprint density at radius 2 is 2.12 bits per heavy atom. The molecule has 3 rings (SSSR count). The van der Waals surface area contributed by atoms with E-state index in [9.17, 15) is 0 Å². The number of rotatable bonds is 7. The van der Waals surface area contributed by atoms with Crippen molar-refractivity contribution in [2.45, 2.75) is 26.4 Å². The molecule has 0 bridgehead atoms. The van der Waals surface area contributed by atoms with E-state index >= 15 is 0 Å². The number of aliphatic imine (C=N–C) groups is 1. The average Bonchev–Trinajstić information content (AvgIpc) is 3.36. The van der Waals surface area contributed by atoms with E-state index in [1.54, 1.807) is 22.7 Å². The van der Waals surface area contributed by atoms with Crippen molar-refractivity contribution in [3.05, 3.63) is 56.4 Å². The van der Waals surface area contributed by atoms with E-state index in [1.807, 2.05) is 18.5 Å². The van der Waals surface area contributed by atoms with Crippen LogP contribution in [-0.4, -0.2) is 27.3 Å². The summed E-state index contributed by atoms with van der Waals surface area (Å²) in [6.45, 7) is 4.04. The van der Waals surface area contributed by atoms with Gasteiger partial charge in [-0.3, -0.25) is 0 Å². The molecule has 26 heavy (non-hydrogen) atoms. The molecule has 3 aromatic rings. The van der Waals surface area contributed by atoms with Crippen molar-refractivity contribution in [1.29, 1.82) is 0 Å². The molecule has 3 heterocycles. The standard InChI is InChI=1S/C17H22N6S2.HI/c1-13-21-22-16(23(13)2)11-20-17(19-10-14-6-9-24-12-14)18-7-5-15-4-3-8-25-15;/h3-4,6,8-9,12H,5,7,10-11H2,1-2H3,(H2,18,19,20);1H. The fourth-order valence-electron chi connectivity index (χ4n) is 2.25. The van der Waals surface area contributed by atoms with Gasteiger partial charge in [0, 0.05) is 18.5 Å². The number of nitrogens with one attached hydrogen (secondary N) is 2. The number of thiophene rings is 2. The number of aryl methyl sites for hydroxylation is 1. The Hall–Kier alpha value is -1.46. The SMILES string of the molecule is Cc1nnc(CNC(=NCc2ccsc2)NCCc2cccs2)n1C.I. The number of halogens is 1. The lowest BCUT2D eigenvalue weighted by atomic mass is 10.3. The van der Waals surface area contributed by atoms with E-state index < -0.39 is 0 Å². The molecule has 2 N–H and O–H groups in total. The highest BCUT2D eigenvalue weighted by molar-refractivity contribution is 14.0. The van der Waals surface area contributed by atoms with E-state index in [0.717, 1.165) is 30.6 Å². The number of nitrogens with zero attached hydrogens (tertiary/aromatic N) is 4. The minimum Gasteiger partial charge on any atom is -0.356 e. The summed E-state index contributed by atoms with van der Waals surface area (Å²) in [6, 6.07) is 6.34. The number of hydrogen-bond acceptors (Lipinski definition) is 5. The first-order valence-corrected chi connectivity index (χ1v) is 9.95. The highest BCUT2D eigenvalue weighted by atomic mass is 127. The second kappa shape index (κ2) is 10.6. The average molecular weight is 502 g/mol. The smallest absolute Gasteiger partial charge is 0.191 e. The molecule has 0 amide bonds. The lowest BCUT2D eigenvalue weighted by Gasteiger charge is -2.12. The maximum atomic E-state index is 4.68. The Morgan fingerprint density at radius 3 is 2.77 bits per heavy atom. The summed E-state index contributed by atoms with van der Waals surface area (Å²) in [5.41, 5.74) is 1.22. The maximum absolute atomic E-state index is 4.68. The zero-order valence-electron chi connectivity index (χ0n) is 14.8. The molecule has 0 saturated heterocycles. The summed E-state index contributed by atoms with van der Waals surface area (Å²) in [5, 5.41) is 21.3. The molecule has 140 valence electrons. The number of guanidine groups is 1. The number of aromatic nitrogens is 3. The van der Waals surface area contributed by atoms with Crippen LogP contribution in [0.15, 0.2) is 39.3 Å². The molecule has 0 unspecified atom stereocenters. The third-order valence-corrected chi connectivity index (χ3v) is 5.51. The zero-order valence-corrected chi connectivity index (χ0v) is 18.8. The van der Waals surface area contributed by atoms with Crippen LogP contribution in [0.25, 0.3) is 0 Å². The van der Waals surface area contributed by atoms with Gasteiger partial charge < -0.3 is 15.2 Å². The van der Waals surface area contributed by atoms with Crippen molar-refractivity contribution in [2.24, 2.45) is 12.0 Å². The second-order valence-corrected chi connectivity index (χ2v) is 7.44. The highest BCUT2D eigenvalue weighted by Crippen LogP contribution is 2.09. The Balaban J connectivity index is 0.00000243. The van der Waals surface area contributed by atoms with Crippen LogP contribution in [0.2, 0.25) is 0 Å². The van der Waals surface area contributed by atoms with Gasteiger partial charge in [-0.05, 0) is 47.2 Å². The first kappa shape index (κ1) is 20.8. The Bertz CT molecular complexity index is 795. The normalized spacial score (nSPS) is 11.2. The molecule has 6 nitrogen and oxygen atoms in total. The molecule has 0 aliphatic carbocycles. The molecular formula is C17H23IN6S2. The van der Waals surface area contributed by atoms with Gasteiger partial charge in [0.15, 0.2) is 11.8 Å². The van der Waals surface area contributed by atoms with E-state index in [2.05, 4.69) is 60.2 Å². The predicted molar refractivity (Wildman–Crippen MR) is 119 cm³/mol. The van der Waals surface area contributed by atoms with Crippen molar-refractivity contribution in [3.8, 4) is 0 Å². The molecule has 0 aliphatic heterocycles. The Morgan fingerprint density at radius 1 is 1.23 bits per heavy atom. The number of hydrogen-bond donors (Lipinski definition) is 2. The molecule has 0 fully saturated rings. The van der Waals surface area contributed by atoms with E-state index in [0.29, 0.717) is 13.1 Å². The van der Waals surface area contributed by atoms with E-state index in [1.165, 1.54) is 10.4 Å². The molecular weight excluding hydrogens is 479 g/mol. The van der Waals surface area contributed by atoms with Crippen LogP contribution in [0.5, 0.6) is 0 Å². The summed E-state index contributed by atoms with van der Waals surface area (Å²) in [7, 11) is 1.97. The van der Waals surface area contributed by atoms with Crippen molar-refractivity contribution < 1.29 is 0 Å². The monoisotopic (exact) mass is 502 g/mol. The van der Waals surface area contributed by atoms with Gasteiger partial charge in [0.05, 0.1) is 13.1 Å². The molecule has 0 saturated carbocycles. The first-order chi connectivity index (χ1) is 12.2. The fraction of sp³-hybridized carbons (Fsp3) is 0.353. The third-order valence-electron chi connectivity index (χ3n) is 3.84. The second-order valence-electron chi connectivity index (χ2n) is 5.63. The van der Waals surface area contributed by atoms with Crippen LogP contribution in [0.3, 0.4) is 0 Å². The van der Waals surface area contributed by atoms with Crippen molar-refractivity contribution in [2.75, 3.05) is 6.54 Å². The predicted octanol–water partition coefficient (Wildman–Crippen LogP) is 3.34. The summed E-state index contributed by atoms with van der Waals surface area (Å²) in [4.78, 5) is 6.05. The van der Waals surface area contributed by atoms with Gasteiger partial charge in [0.2, 0.25) is 0 Å². The van der Waals surface area contributed by atoms with Crippen molar-refractivity contribution in [3.63, 3.8) is 0 Å². The van der Waals surface area contributed by atoms with Crippen LogP contribution in [0.4, 0.5) is 0 Å². The maximum Gasteiger partial charge on any atom is 0.191 e. The van der Waals surface area contributed by atoms with Crippen LogP contribution >= 0.6 is 46.7 Å². The van der Waals surface area contributed by atoms with Crippen molar-refractivity contribution >= 4 is 52.6 Å². The third kappa shape index (κ3) is 6.06. The van der Waals surface area contributed by atoms with Crippen LogP contribution in [0, 0.1) is 6.92 Å². The van der Waals surface area contributed by atoms with Crippen LogP contribution < -0.4 is 10.6 Å². The molecule has 9 heteroatoms. The Labute approximate surface area is 178 Å². The summed E-state index contributed by atoms with van der Waals surface area (Å²) >= 11 is 3.47. The van der Waals surface area contributed by atoms with Gasteiger partial charge in [-0.25, -0.2) is 4.99 Å². The van der Waals surface area contributed by atoms with Gasteiger partial charge in [-0.15, -0.1) is 45.5 Å². The quantitative estimate of drug-likeness (QED) is 0.296. The van der Waals surface area contributed by atoms with E-state index in [4.69, 9.17) is 0 Å². The lowest BCUT2D eigenvalue weighted by Crippen LogP contribution is -2.38. The topological polar surface area (TPSA) is 67.1 Å². The molecule has 0 spiro atoms. The summed E-state index contributed by atoms with van der Waals surface area (Å²) in [5.74, 6) is 2.59. The van der Waals surface area contributed by atoms with Crippen molar-refractivity contribution in [1.82, 2.24) is 25.4 Å². The van der Waals surface area contributed by atoms with Gasteiger partial charge in [0.1, 0.15) is 5.82 Å². The molecule has 0 atom stereocenters. The minimum absolute atomic E-state index is 0. The molecule has 3 aromatic heterocycles. The fourth-order valence-corrected chi connectivity index (χ4v) is 3.62. The lowest BCUT2D eigenvalue weighted by molar-refractivity contribution is 0.713. The first-order valence-electron chi connectivity index (χ1n) is 8.13.